The molecule has 80 valence electrons. The lowest BCUT2D eigenvalue weighted by molar-refractivity contribution is 0.894. The number of anilines is 1. The highest BCUT2D eigenvalue weighted by Gasteiger charge is 2.22. The highest BCUT2D eigenvalue weighted by molar-refractivity contribution is 7.99. The molecule has 0 spiro atoms. The van der Waals surface area contributed by atoms with Crippen LogP contribution in [0.2, 0.25) is 0 Å². The first-order valence-electron chi connectivity index (χ1n) is 5.17. The number of rotatable bonds is 2. The Bertz CT molecular complexity index is 487. The molecule has 0 saturated carbocycles. The molecular weight excluding hydrogens is 218 g/mol. The van der Waals surface area contributed by atoms with Crippen LogP contribution in [-0.2, 0) is 0 Å². The van der Waals surface area contributed by atoms with Gasteiger partial charge in [0.2, 0.25) is 0 Å². The van der Waals surface area contributed by atoms with E-state index in [1.54, 1.807) is 18.7 Å². The van der Waals surface area contributed by atoms with E-state index in [0.717, 1.165) is 11.4 Å². The lowest BCUT2D eigenvalue weighted by Crippen LogP contribution is -2.09. The predicted molar refractivity (Wildman–Crippen MR) is 65.6 cm³/mol. The van der Waals surface area contributed by atoms with Gasteiger partial charge in [-0.25, -0.2) is 9.97 Å². The van der Waals surface area contributed by atoms with E-state index < -0.39 is 0 Å². The van der Waals surface area contributed by atoms with E-state index in [4.69, 9.17) is 0 Å². The summed E-state index contributed by atoms with van der Waals surface area (Å²) >= 11 is 1.89. The molecule has 0 fully saturated rings. The molecule has 0 saturated heterocycles. The van der Waals surface area contributed by atoms with Crippen molar-refractivity contribution in [3.8, 4) is 0 Å². The summed E-state index contributed by atoms with van der Waals surface area (Å²) in [4.78, 5) is 9.38. The van der Waals surface area contributed by atoms with Gasteiger partial charge in [0, 0.05) is 10.6 Å². The molecule has 3 nitrogen and oxygen atoms in total. The van der Waals surface area contributed by atoms with E-state index >= 15 is 0 Å². The molecule has 2 heterocycles. The summed E-state index contributed by atoms with van der Waals surface area (Å²) < 4.78 is 0. The smallest absolute Gasteiger partial charge is 0.115 e. The van der Waals surface area contributed by atoms with Crippen LogP contribution in [0.15, 0.2) is 47.9 Å². The Morgan fingerprint density at radius 2 is 2.00 bits per heavy atom. The maximum absolute atomic E-state index is 4.00. The standard InChI is InChI=1S/C12H11N3S/c1-2-4-12-10(3-1)11(7-16-12)15-9-5-13-8-14-6-9/h1-6,8,11,15H,7H2. The van der Waals surface area contributed by atoms with Gasteiger partial charge < -0.3 is 5.32 Å². The third kappa shape index (κ3) is 1.76. The highest BCUT2D eigenvalue weighted by Crippen LogP contribution is 2.39. The van der Waals surface area contributed by atoms with Gasteiger partial charge in [-0.15, -0.1) is 11.8 Å². The molecule has 16 heavy (non-hydrogen) atoms. The molecule has 1 N–H and O–H groups in total. The van der Waals surface area contributed by atoms with Crippen LogP contribution in [-0.4, -0.2) is 15.7 Å². The lowest BCUT2D eigenvalue weighted by Gasteiger charge is -2.13. The van der Waals surface area contributed by atoms with Crippen molar-refractivity contribution in [2.75, 3.05) is 11.1 Å². The summed E-state index contributed by atoms with van der Waals surface area (Å²) in [7, 11) is 0. The van der Waals surface area contributed by atoms with Gasteiger partial charge in [0.05, 0.1) is 24.1 Å². The zero-order chi connectivity index (χ0) is 10.8. The summed E-state index contributed by atoms with van der Waals surface area (Å²) in [6, 6.07) is 8.88. The van der Waals surface area contributed by atoms with Crippen LogP contribution in [0.3, 0.4) is 0 Å². The van der Waals surface area contributed by atoms with Crippen molar-refractivity contribution in [3.63, 3.8) is 0 Å². The first kappa shape index (κ1) is 9.66. The largest absolute Gasteiger partial charge is 0.375 e. The fourth-order valence-corrected chi connectivity index (χ4v) is 3.02. The van der Waals surface area contributed by atoms with Gasteiger partial charge >= 0.3 is 0 Å². The Hall–Kier alpha value is -1.55. The number of benzene rings is 1. The topological polar surface area (TPSA) is 37.8 Å². The van der Waals surface area contributed by atoms with Gasteiger partial charge in [-0.3, -0.25) is 0 Å². The number of nitrogens with one attached hydrogen (secondary N) is 1. The molecule has 1 aliphatic heterocycles. The minimum absolute atomic E-state index is 0.368. The molecule has 1 aromatic heterocycles. The van der Waals surface area contributed by atoms with Crippen LogP contribution >= 0.6 is 11.8 Å². The Balaban J connectivity index is 1.84. The van der Waals surface area contributed by atoms with Crippen LogP contribution < -0.4 is 5.32 Å². The number of thioether (sulfide) groups is 1. The second kappa shape index (κ2) is 4.14. The van der Waals surface area contributed by atoms with Crippen molar-refractivity contribution in [2.45, 2.75) is 10.9 Å². The minimum Gasteiger partial charge on any atom is -0.375 e. The summed E-state index contributed by atoms with van der Waals surface area (Å²) in [6.07, 6.45) is 5.15. The molecule has 3 rings (SSSR count). The molecule has 0 amide bonds. The van der Waals surface area contributed by atoms with Crippen LogP contribution in [0.4, 0.5) is 5.69 Å². The van der Waals surface area contributed by atoms with Crippen molar-refractivity contribution in [3.05, 3.63) is 48.5 Å². The van der Waals surface area contributed by atoms with E-state index in [9.17, 15) is 0 Å². The number of hydrogen-bond donors (Lipinski definition) is 1. The third-order valence-corrected chi connectivity index (χ3v) is 3.78. The average molecular weight is 229 g/mol. The molecule has 0 radical (unpaired) electrons. The van der Waals surface area contributed by atoms with Crippen LogP contribution in [0, 0.1) is 0 Å². The van der Waals surface area contributed by atoms with E-state index in [-0.39, 0.29) is 0 Å². The first-order chi connectivity index (χ1) is 7.93. The lowest BCUT2D eigenvalue weighted by atomic mass is 10.1. The van der Waals surface area contributed by atoms with Gasteiger partial charge in [-0.1, -0.05) is 18.2 Å². The zero-order valence-electron chi connectivity index (χ0n) is 8.63. The maximum atomic E-state index is 4.00. The second-order valence-electron chi connectivity index (χ2n) is 3.67. The Morgan fingerprint density at radius 3 is 2.88 bits per heavy atom. The zero-order valence-corrected chi connectivity index (χ0v) is 9.45. The van der Waals surface area contributed by atoms with Crippen molar-refractivity contribution in [1.29, 1.82) is 0 Å². The van der Waals surface area contributed by atoms with Gasteiger partial charge in [0.1, 0.15) is 6.33 Å². The van der Waals surface area contributed by atoms with Gasteiger partial charge in [-0.2, -0.15) is 0 Å². The minimum atomic E-state index is 0.368. The molecule has 2 aromatic rings. The van der Waals surface area contributed by atoms with E-state index in [0.29, 0.717) is 6.04 Å². The molecule has 1 aliphatic rings. The number of nitrogens with zero attached hydrogens (tertiary/aromatic N) is 2. The van der Waals surface area contributed by atoms with Gasteiger partial charge in [0.25, 0.3) is 0 Å². The summed E-state index contributed by atoms with van der Waals surface area (Å²) in [5, 5.41) is 3.45. The first-order valence-corrected chi connectivity index (χ1v) is 6.15. The number of aromatic nitrogens is 2. The Morgan fingerprint density at radius 1 is 1.19 bits per heavy atom. The number of fused-ring (bicyclic) bond motifs is 1. The summed E-state index contributed by atoms with van der Waals surface area (Å²) in [5.41, 5.74) is 2.35. The van der Waals surface area contributed by atoms with E-state index in [1.165, 1.54) is 10.5 Å². The molecule has 1 unspecified atom stereocenters. The molecule has 0 aliphatic carbocycles. The van der Waals surface area contributed by atoms with Crippen molar-refractivity contribution in [2.24, 2.45) is 0 Å². The normalized spacial score (nSPS) is 18.1. The van der Waals surface area contributed by atoms with Crippen LogP contribution in [0.5, 0.6) is 0 Å². The van der Waals surface area contributed by atoms with E-state index in [2.05, 4.69) is 39.6 Å². The Kier molecular flexibility index (Phi) is 2.50. The predicted octanol–water partition coefficient (Wildman–Crippen LogP) is 2.74. The number of hydrogen-bond acceptors (Lipinski definition) is 4. The average Bonchev–Trinajstić information content (AvgIpc) is 2.74. The van der Waals surface area contributed by atoms with Crippen molar-refractivity contribution >= 4 is 17.4 Å². The quantitative estimate of drug-likeness (QED) is 0.859. The molecule has 4 heteroatoms. The fourth-order valence-electron chi connectivity index (χ4n) is 1.86. The Labute approximate surface area is 98.3 Å². The van der Waals surface area contributed by atoms with Crippen molar-refractivity contribution in [1.82, 2.24) is 9.97 Å². The van der Waals surface area contributed by atoms with Crippen molar-refractivity contribution < 1.29 is 0 Å². The van der Waals surface area contributed by atoms with Gasteiger partial charge in [-0.05, 0) is 11.6 Å². The SMILES string of the molecule is c1ccc2c(c1)SCC2Nc1cncnc1. The molecule has 1 aromatic carbocycles. The molecule has 1 atom stereocenters. The molecule has 0 bridgehead atoms. The molecular formula is C12H11N3S. The third-order valence-electron chi connectivity index (χ3n) is 2.60. The summed E-state index contributed by atoms with van der Waals surface area (Å²) in [5.74, 6) is 1.06. The monoisotopic (exact) mass is 229 g/mol. The highest BCUT2D eigenvalue weighted by atomic mass is 32.2. The van der Waals surface area contributed by atoms with E-state index in [1.807, 2.05) is 11.8 Å². The van der Waals surface area contributed by atoms with Crippen LogP contribution in [0.25, 0.3) is 0 Å². The van der Waals surface area contributed by atoms with Gasteiger partial charge in [0.15, 0.2) is 0 Å². The fraction of sp³-hybridized carbons (Fsp3) is 0.167. The van der Waals surface area contributed by atoms with Crippen LogP contribution in [0.1, 0.15) is 11.6 Å². The maximum Gasteiger partial charge on any atom is 0.115 e. The summed E-state index contributed by atoms with van der Waals surface area (Å²) in [6.45, 7) is 0. The second-order valence-corrected chi connectivity index (χ2v) is 4.73.